The quantitative estimate of drug-likeness (QED) is 0.885. The number of ether oxygens (including phenoxy) is 1. The number of aryl methyl sites for hydroxylation is 2. The van der Waals surface area contributed by atoms with Crippen molar-refractivity contribution >= 4 is 5.91 Å². The Bertz CT molecular complexity index is 772. The fraction of sp³-hybridized carbons (Fsp3) is 0.579. The zero-order valence-corrected chi connectivity index (χ0v) is 15.2. The predicted octanol–water partition coefficient (Wildman–Crippen LogP) is 3.08. The van der Waals surface area contributed by atoms with E-state index in [4.69, 9.17) is 9.26 Å². The molecule has 0 bridgehead atoms. The van der Waals surface area contributed by atoms with Crippen LogP contribution in [0.4, 0.5) is 0 Å². The van der Waals surface area contributed by atoms with E-state index in [-0.39, 0.29) is 18.1 Å². The van der Waals surface area contributed by atoms with Crippen molar-refractivity contribution in [2.75, 3.05) is 0 Å². The van der Waals surface area contributed by atoms with Gasteiger partial charge in [0.2, 0.25) is 0 Å². The van der Waals surface area contributed by atoms with Crippen LogP contribution in [0.15, 0.2) is 16.7 Å². The SMILES string of the molecule is Cc1cc(C)nc(OC2CCC(NC(=O)c3cc(C4CC4)on3)CC2)n1. The highest BCUT2D eigenvalue weighted by Crippen LogP contribution is 2.40. The predicted molar refractivity (Wildman–Crippen MR) is 94.1 cm³/mol. The molecule has 2 heterocycles. The first-order valence-electron chi connectivity index (χ1n) is 9.33. The van der Waals surface area contributed by atoms with Crippen molar-refractivity contribution in [2.45, 2.75) is 70.4 Å². The molecule has 0 aromatic carbocycles. The van der Waals surface area contributed by atoms with Gasteiger partial charge in [0.25, 0.3) is 5.91 Å². The van der Waals surface area contributed by atoms with Gasteiger partial charge in [0.05, 0.1) is 0 Å². The minimum absolute atomic E-state index is 0.0953. The molecule has 0 aliphatic heterocycles. The smallest absolute Gasteiger partial charge is 0.317 e. The average molecular weight is 356 g/mol. The van der Waals surface area contributed by atoms with Crippen molar-refractivity contribution in [1.82, 2.24) is 20.4 Å². The molecule has 0 spiro atoms. The lowest BCUT2D eigenvalue weighted by Gasteiger charge is -2.28. The van der Waals surface area contributed by atoms with E-state index in [1.807, 2.05) is 19.9 Å². The Hall–Kier alpha value is -2.44. The first-order chi connectivity index (χ1) is 12.6. The van der Waals surface area contributed by atoms with Crippen LogP contribution in [-0.2, 0) is 0 Å². The van der Waals surface area contributed by atoms with Gasteiger partial charge in [-0.25, -0.2) is 9.97 Å². The van der Waals surface area contributed by atoms with E-state index in [1.54, 1.807) is 6.07 Å². The van der Waals surface area contributed by atoms with Gasteiger partial charge in [-0.15, -0.1) is 0 Å². The molecule has 2 saturated carbocycles. The second-order valence-corrected chi connectivity index (χ2v) is 7.39. The fourth-order valence-electron chi connectivity index (χ4n) is 3.44. The fourth-order valence-corrected chi connectivity index (χ4v) is 3.44. The first kappa shape index (κ1) is 17.0. The Morgan fingerprint density at radius 3 is 2.42 bits per heavy atom. The number of hydrogen-bond donors (Lipinski definition) is 1. The van der Waals surface area contributed by atoms with E-state index in [9.17, 15) is 4.79 Å². The van der Waals surface area contributed by atoms with E-state index >= 15 is 0 Å². The molecule has 4 rings (SSSR count). The third-order valence-corrected chi connectivity index (χ3v) is 4.98. The van der Waals surface area contributed by atoms with Crippen LogP contribution in [0.5, 0.6) is 6.01 Å². The number of nitrogens with zero attached hydrogens (tertiary/aromatic N) is 3. The topological polar surface area (TPSA) is 90.1 Å². The molecule has 7 nitrogen and oxygen atoms in total. The lowest BCUT2D eigenvalue weighted by molar-refractivity contribution is 0.0876. The minimum atomic E-state index is -0.150. The molecule has 26 heavy (non-hydrogen) atoms. The van der Waals surface area contributed by atoms with Crippen LogP contribution in [-0.4, -0.2) is 33.2 Å². The molecule has 138 valence electrons. The van der Waals surface area contributed by atoms with Crippen LogP contribution in [0.25, 0.3) is 0 Å². The minimum Gasteiger partial charge on any atom is -0.460 e. The number of hydrogen-bond acceptors (Lipinski definition) is 6. The van der Waals surface area contributed by atoms with Crippen LogP contribution < -0.4 is 10.1 Å². The maximum absolute atomic E-state index is 12.3. The number of carbonyl (C=O) groups excluding carboxylic acids is 1. The van der Waals surface area contributed by atoms with Crippen LogP contribution >= 0.6 is 0 Å². The van der Waals surface area contributed by atoms with Gasteiger partial charge in [0.1, 0.15) is 11.9 Å². The Morgan fingerprint density at radius 2 is 1.77 bits per heavy atom. The molecule has 7 heteroatoms. The molecule has 2 aromatic heterocycles. The molecule has 2 aliphatic carbocycles. The summed E-state index contributed by atoms with van der Waals surface area (Å²) in [5.74, 6) is 1.15. The summed E-state index contributed by atoms with van der Waals surface area (Å²) in [6, 6.07) is 4.30. The van der Waals surface area contributed by atoms with Gasteiger partial charge in [-0.05, 0) is 58.4 Å². The largest absolute Gasteiger partial charge is 0.460 e. The van der Waals surface area contributed by atoms with Crippen molar-refractivity contribution in [1.29, 1.82) is 0 Å². The molecule has 2 fully saturated rings. The van der Waals surface area contributed by atoms with Gasteiger partial charge in [-0.1, -0.05) is 5.16 Å². The van der Waals surface area contributed by atoms with Gasteiger partial charge in [-0.3, -0.25) is 4.79 Å². The highest BCUT2D eigenvalue weighted by atomic mass is 16.5. The number of nitrogens with one attached hydrogen (secondary N) is 1. The lowest BCUT2D eigenvalue weighted by Crippen LogP contribution is -2.40. The Labute approximate surface area is 152 Å². The zero-order chi connectivity index (χ0) is 18.1. The number of aromatic nitrogens is 3. The van der Waals surface area contributed by atoms with Gasteiger partial charge in [-0.2, -0.15) is 0 Å². The second kappa shape index (κ2) is 7.05. The van der Waals surface area contributed by atoms with Crippen molar-refractivity contribution in [3.8, 4) is 6.01 Å². The van der Waals surface area contributed by atoms with Crippen LogP contribution in [0.3, 0.4) is 0 Å². The van der Waals surface area contributed by atoms with Gasteiger partial charge < -0.3 is 14.6 Å². The molecule has 2 aliphatic rings. The number of carbonyl (C=O) groups is 1. The summed E-state index contributed by atoms with van der Waals surface area (Å²) in [5, 5.41) is 6.96. The standard InChI is InChI=1S/C19H24N4O3/c1-11-9-12(2)21-19(20-11)25-15-7-5-14(6-8-15)22-18(24)16-10-17(26-23-16)13-3-4-13/h9-10,13-15H,3-8H2,1-2H3,(H,22,24). The summed E-state index contributed by atoms with van der Waals surface area (Å²) in [7, 11) is 0. The molecule has 0 atom stereocenters. The van der Waals surface area contributed by atoms with Crippen LogP contribution in [0.1, 0.15) is 72.1 Å². The van der Waals surface area contributed by atoms with Gasteiger partial charge >= 0.3 is 6.01 Å². The molecule has 0 unspecified atom stereocenters. The zero-order valence-electron chi connectivity index (χ0n) is 15.2. The number of rotatable bonds is 5. The van der Waals surface area contributed by atoms with E-state index in [2.05, 4.69) is 20.4 Å². The Kier molecular flexibility index (Phi) is 4.61. The van der Waals surface area contributed by atoms with E-state index in [1.165, 1.54) is 0 Å². The maximum Gasteiger partial charge on any atom is 0.317 e. The van der Waals surface area contributed by atoms with E-state index < -0.39 is 0 Å². The third kappa shape index (κ3) is 4.03. The van der Waals surface area contributed by atoms with Crippen molar-refractivity contribution in [2.24, 2.45) is 0 Å². The van der Waals surface area contributed by atoms with E-state index in [0.29, 0.717) is 17.6 Å². The Balaban J connectivity index is 1.27. The molecule has 1 amide bonds. The summed E-state index contributed by atoms with van der Waals surface area (Å²) in [4.78, 5) is 21.0. The first-order valence-corrected chi connectivity index (χ1v) is 9.33. The second-order valence-electron chi connectivity index (χ2n) is 7.39. The molecule has 2 aromatic rings. The normalized spacial score (nSPS) is 22.8. The summed E-state index contributed by atoms with van der Waals surface area (Å²) in [5.41, 5.74) is 2.20. The molecule has 0 radical (unpaired) electrons. The monoisotopic (exact) mass is 356 g/mol. The maximum atomic E-state index is 12.3. The van der Waals surface area contributed by atoms with Gasteiger partial charge in [0.15, 0.2) is 5.69 Å². The number of amides is 1. The molecule has 1 N–H and O–H groups in total. The van der Waals surface area contributed by atoms with E-state index in [0.717, 1.165) is 55.7 Å². The van der Waals surface area contributed by atoms with Crippen molar-refractivity contribution < 1.29 is 14.1 Å². The molecular weight excluding hydrogens is 332 g/mol. The van der Waals surface area contributed by atoms with Crippen LogP contribution in [0, 0.1) is 13.8 Å². The van der Waals surface area contributed by atoms with Crippen molar-refractivity contribution in [3.05, 3.63) is 35.0 Å². The summed E-state index contributed by atoms with van der Waals surface area (Å²) in [6.07, 6.45) is 5.83. The Morgan fingerprint density at radius 1 is 1.08 bits per heavy atom. The molecule has 0 saturated heterocycles. The van der Waals surface area contributed by atoms with Gasteiger partial charge in [0, 0.05) is 29.4 Å². The summed E-state index contributed by atoms with van der Waals surface area (Å²) in [6.45, 7) is 3.87. The summed E-state index contributed by atoms with van der Waals surface area (Å²) < 4.78 is 11.2. The summed E-state index contributed by atoms with van der Waals surface area (Å²) >= 11 is 0. The lowest BCUT2D eigenvalue weighted by atomic mass is 9.93. The van der Waals surface area contributed by atoms with Crippen LogP contribution in [0.2, 0.25) is 0 Å². The highest BCUT2D eigenvalue weighted by molar-refractivity contribution is 5.92. The highest BCUT2D eigenvalue weighted by Gasteiger charge is 2.30. The third-order valence-electron chi connectivity index (χ3n) is 4.98. The van der Waals surface area contributed by atoms with Crippen molar-refractivity contribution in [3.63, 3.8) is 0 Å². The average Bonchev–Trinajstić information content (AvgIpc) is 3.32. The molecular formula is C19H24N4O3.